The summed E-state index contributed by atoms with van der Waals surface area (Å²) in [5.41, 5.74) is 1.13. The summed E-state index contributed by atoms with van der Waals surface area (Å²) < 4.78 is 16.5. The molecule has 0 bridgehead atoms. The van der Waals surface area contributed by atoms with Gasteiger partial charge in [-0.05, 0) is 29.1 Å². The molecule has 2 atom stereocenters. The number of morpholine rings is 2. The van der Waals surface area contributed by atoms with E-state index in [0.29, 0.717) is 26.4 Å². The van der Waals surface area contributed by atoms with E-state index in [0.717, 1.165) is 42.4 Å². The van der Waals surface area contributed by atoms with Crippen molar-refractivity contribution >= 4 is 17.1 Å². The standard InChI is InChI=1S/C22H28N2O4S/c1-26-18-6-4-17(5-7-18)20(23-8-12-27-13-9-23)21(24-10-14-28-15-11-24)22(25)19-3-2-16-29-19/h2-7,16,20-21H,8-15H2,1H3/t20-,21-/m0/s1. The van der Waals surface area contributed by atoms with Crippen LogP contribution in [0.15, 0.2) is 41.8 Å². The van der Waals surface area contributed by atoms with Crippen LogP contribution < -0.4 is 4.74 Å². The number of rotatable bonds is 7. The fourth-order valence-corrected chi connectivity index (χ4v) is 4.88. The van der Waals surface area contributed by atoms with Gasteiger partial charge >= 0.3 is 0 Å². The van der Waals surface area contributed by atoms with E-state index >= 15 is 0 Å². The zero-order valence-electron chi connectivity index (χ0n) is 16.8. The van der Waals surface area contributed by atoms with Crippen molar-refractivity contribution in [3.8, 4) is 5.75 Å². The normalized spacial score (nSPS) is 20.9. The highest BCUT2D eigenvalue weighted by atomic mass is 32.1. The van der Waals surface area contributed by atoms with E-state index < -0.39 is 0 Å². The molecular formula is C22H28N2O4S. The van der Waals surface area contributed by atoms with E-state index in [1.165, 1.54) is 11.3 Å². The van der Waals surface area contributed by atoms with Gasteiger partial charge in [-0.3, -0.25) is 14.6 Å². The second-order valence-corrected chi connectivity index (χ2v) is 8.25. The van der Waals surface area contributed by atoms with Crippen LogP contribution in [0.5, 0.6) is 5.75 Å². The van der Waals surface area contributed by atoms with Crippen LogP contribution >= 0.6 is 11.3 Å². The van der Waals surface area contributed by atoms with E-state index in [1.54, 1.807) is 7.11 Å². The number of hydrogen-bond acceptors (Lipinski definition) is 7. The van der Waals surface area contributed by atoms with Gasteiger partial charge < -0.3 is 14.2 Å². The third-order valence-corrected chi connectivity index (χ3v) is 6.55. The average molecular weight is 417 g/mol. The van der Waals surface area contributed by atoms with Crippen molar-refractivity contribution in [2.75, 3.05) is 59.7 Å². The van der Waals surface area contributed by atoms with Crippen molar-refractivity contribution in [3.05, 3.63) is 52.2 Å². The maximum atomic E-state index is 13.7. The lowest BCUT2D eigenvalue weighted by molar-refractivity contribution is -0.0300. The summed E-state index contributed by atoms with van der Waals surface area (Å²) >= 11 is 1.52. The zero-order valence-corrected chi connectivity index (χ0v) is 17.6. The van der Waals surface area contributed by atoms with Gasteiger partial charge in [0.1, 0.15) is 5.75 Å². The van der Waals surface area contributed by atoms with Crippen molar-refractivity contribution in [1.29, 1.82) is 0 Å². The minimum Gasteiger partial charge on any atom is -0.497 e. The molecule has 1 aromatic carbocycles. The number of nitrogens with zero attached hydrogens (tertiary/aromatic N) is 2. The minimum absolute atomic E-state index is 0.0440. The Hall–Kier alpha value is -1.77. The molecule has 0 unspecified atom stereocenters. The molecule has 0 radical (unpaired) electrons. The van der Waals surface area contributed by atoms with Crippen molar-refractivity contribution in [2.45, 2.75) is 12.1 Å². The van der Waals surface area contributed by atoms with Crippen molar-refractivity contribution in [2.24, 2.45) is 0 Å². The molecule has 0 spiro atoms. The summed E-state index contributed by atoms with van der Waals surface area (Å²) in [5.74, 6) is 1.01. The number of ether oxygens (including phenoxy) is 3. The molecule has 2 aliphatic rings. The molecule has 2 saturated heterocycles. The predicted molar refractivity (Wildman–Crippen MR) is 113 cm³/mol. The smallest absolute Gasteiger partial charge is 0.191 e. The van der Waals surface area contributed by atoms with Gasteiger partial charge in [-0.1, -0.05) is 18.2 Å². The van der Waals surface area contributed by atoms with Gasteiger partial charge in [0.2, 0.25) is 0 Å². The SMILES string of the molecule is COc1ccc([C@@H]([C@@H](C(=O)c2cccs2)N2CCOCC2)N2CCOCC2)cc1. The van der Waals surface area contributed by atoms with Gasteiger partial charge in [0.25, 0.3) is 0 Å². The first kappa shape index (κ1) is 20.5. The molecule has 2 aliphatic heterocycles. The van der Waals surface area contributed by atoms with Gasteiger partial charge in [0.05, 0.1) is 50.5 Å². The first-order chi connectivity index (χ1) is 14.3. The first-order valence-electron chi connectivity index (χ1n) is 10.1. The van der Waals surface area contributed by atoms with E-state index in [4.69, 9.17) is 14.2 Å². The van der Waals surface area contributed by atoms with Crippen LogP contribution in [-0.4, -0.2) is 81.3 Å². The van der Waals surface area contributed by atoms with Crippen molar-refractivity contribution in [3.63, 3.8) is 0 Å². The maximum absolute atomic E-state index is 13.7. The molecule has 0 amide bonds. The summed E-state index contributed by atoms with van der Waals surface area (Å²) in [4.78, 5) is 19.2. The number of ketones is 1. The Morgan fingerprint density at radius 3 is 2.14 bits per heavy atom. The van der Waals surface area contributed by atoms with Crippen LogP contribution in [-0.2, 0) is 9.47 Å². The molecule has 0 saturated carbocycles. The Morgan fingerprint density at radius 2 is 1.59 bits per heavy atom. The number of Topliss-reactive ketones (excluding diaryl/α,β-unsaturated/α-hetero) is 1. The Morgan fingerprint density at radius 1 is 0.966 bits per heavy atom. The summed E-state index contributed by atoms with van der Waals surface area (Å²) in [5, 5.41) is 1.97. The zero-order chi connectivity index (χ0) is 20.1. The van der Waals surface area contributed by atoms with Gasteiger partial charge in [-0.2, -0.15) is 0 Å². The summed E-state index contributed by atoms with van der Waals surface area (Å²) in [7, 11) is 1.67. The van der Waals surface area contributed by atoms with E-state index in [2.05, 4.69) is 21.9 Å². The topological polar surface area (TPSA) is 51.2 Å². The molecule has 6 nitrogen and oxygen atoms in total. The summed E-state index contributed by atoms with van der Waals surface area (Å²) in [6, 6.07) is 11.7. The quantitative estimate of drug-likeness (QED) is 0.647. The fourth-order valence-electron chi connectivity index (χ4n) is 4.18. The van der Waals surface area contributed by atoms with Crippen LogP contribution in [0, 0.1) is 0 Å². The van der Waals surface area contributed by atoms with Crippen LogP contribution in [0.4, 0.5) is 0 Å². The third-order valence-electron chi connectivity index (χ3n) is 5.67. The predicted octanol–water partition coefficient (Wildman–Crippen LogP) is 2.71. The number of methoxy groups -OCH3 is 1. The molecular weight excluding hydrogens is 388 g/mol. The number of carbonyl (C=O) groups excluding carboxylic acids is 1. The highest BCUT2D eigenvalue weighted by Gasteiger charge is 2.40. The van der Waals surface area contributed by atoms with Gasteiger partial charge in [0.15, 0.2) is 5.78 Å². The molecule has 1 aromatic heterocycles. The summed E-state index contributed by atoms with van der Waals surface area (Å²) in [6.07, 6.45) is 0. The van der Waals surface area contributed by atoms with Gasteiger partial charge in [0, 0.05) is 26.2 Å². The average Bonchev–Trinajstić information content (AvgIpc) is 3.33. The molecule has 0 aliphatic carbocycles. The Labute approximate surface area is 176 Å². The second kappa shape index (κ2) is 9.82. The molecule has 2 fully saturated rings. The molecule has 156 valence electrons. The van der Waals surface area contributed by atoms with E-state index in [1.807, 2.05) is 29.6 Å². The number of thiophene rings is 1. The number of benzene rings is 1. The maximum Gasteiger partial charge on any atom is 0.191 e. The first-order valence-corrected chi connectivity index (χ1v) is 11.0. The summed E-state index contributed by atoms with van der Waals surface area (Å²) in [6.45, 7) is 5.85. The van der Waals surface area contributed by atoms with Crippen LogP contribution in [0.25, 0.3) is 0 Å². The Kier molecular flexibility index (Phi) is 6.94. The minimum atomic E-state index is -0.260. The highest BCUT2D eigenvalue weighted by molar-refractivity contribution is 7.12. The Balaban J connectivity index is 1.74. The Bertz CT molecular complexity index is 769. The van der Waals surface area contributed by atoms with Crippen molar-refractivity contribution in [1.82, 2.24) is 9.80 Å². The molecule has 2 aromatic rings. The largest absolute Gasteiger partial charge is 0.497 e. The second-order valence-electron chi connectivity index (χ2n) is 7.30. The van der Waals surface area contributed by atoms with Crippen LogP contribution in [0.1, 0.15) is 21.3 Å². The lowest BCUT2D eigenvalue weighted by atomic mass is 9.91. The molecule has 7 heteroatoms. The van der Waals surface area contributed by atoms with E-state index in [9.17, 15) is 4.79 Å². The molecule has 0 N–H and O–H groups in total. The van der Waals surface area contributed by atoms with Crippen LogP contribution in [0.3, 0.4) is 0 Å². The number of carbonyl (C=O) groups is 1. The third kappa shape index (κ3) is 4.70. The van der Waals surface area contributed by atoms with Gasteiger partial charge in [-0.15, -0.1) is 11.3 Å². The molecule has 3 heterocycles. The fraction of sp³-hybridized carbons (Fsp3) is 0.500. The van der Waals surface area contributed by atoms with Crippen LogP contribution in [0.2, 0.25) is 0 Å². The monoisotopic (exact) mass is 416 g/mol. The lowest BCUT2D eigenvalue weighted by Gasteiger charge is -2.44. The van der Waals surface area contributed by atoms with Gasteiger partial charge in [-0.25, -0.2) is 0 Å². The molecule has 4 rings (SSSR count). The van der Waals surface area contributed by atoms with E-state index in [-0.39, 0.29) is 17.9 Å². The number of hydrogen-bond donors (Lipinski definition) is 0. The molecule has 29 heavy (non-hydrogen) atoms. The lowest BCUT2D eigenvalue weighted by Crippen LogP contribution is -2.55. The van der Waals surface area contributed by atoms with Crippen molar-refractivity contribution < 1.29 is 19.0 Å². The highest BCUT2D eigenvalue weighted by Crippen LogP contribution is 2.33.